The van der Waals surface area contributed by atoms with Crippen LogP contribution in [0.4, 0.5) is 0 Å². The molecule has 6 nitrogen and oxygen atoms in total. The normalized spacial score (nSPS) is 11.7. The summed E-state index contributed by atoms with van der Waals surface area (Å²) in [7, 11) is 0. The topological polar surface area (TPSA) is 81.2 Å². The zero-order valence-electron chi connectivity index (χ0n) is 16.4. The average molecular weight is 410 g/mol. The monoisotopic (exact) mass is 409 g/mol. The van der Waals surface area contributed by atoms with Crippen molar-refractivity contribution in [2.45, 2.75) is 32.8 Å². The molecule has 0 bridgehead atoms. The van der Waals surface area contributed by atoms with Crippen LogP contribution in [0.2, 0.25) is 0 Å². The van der Waals surface area contributed by atoms with Gasteiger partial charge in [-0.1, -0.05) is 12.1 Å². The van der Waals surface area contributed by atoms with Gasteiger partial charge in [-0.3, -0.25) is 14.6 Å². The second-order valence-electron chi connectivity index (χ2n) is 6.60. The zero-order chi connectivity index (χ0) is 20.6. The predicted molar refractivity (Wildman–Crippen MR) is 113 cm³/mol. The number of carbonyl (C=O) groups is 2. The molecule has 0 aliphatic carbocycles. The average Bonchev–Trinajstić information content (AvgIpc) is 3.21. The standard InChI is InChI=1S/C22H23N3O3S/c1-15(26)18-5-3-6-19(13-18)28-16(2)22(27)24-10-4-7-21-25-20(14-29-21)17-8-11-23-12-9-17/h3,5-6,8-9,11-14,16H,4,7,10H2,1-2H3,(H,24,27). The SMILES string of the molecule is CC(=O)c1cccc(OC(C)C(=O)NCCCc2nc(-c3ccncc3)cs2)c1. The molecule has 0 fully saturated rings. The van der Waals surface area contributed by atoms with E-state index in [9.17, 15) is 9.59 Å². The fourth-order valence-corrected chi connectivity index (χ4v) is 3.57. The van der Waals surface area contributed by atoms with Gasteiger partial charge in [0.1, 0.15) is 5.75 Å². The van der Waals surface area contributed by atoms with Crippen molar-refractivity contribution >= 4 is 23.0 Å². The zero-order valence-corrected chi connectivity index (χ0v) is 17.2. The maximum Gasteiger partial charge on any atom is 0.260 e. The second-order valence-corrected chi connectivity index (χ2v) is 7.54. The van der Waals surface area contributed by atoms with Gasteiger partial charge in [-0.25, -0.2) is 4.98 Å². The Balaban J connectivity index is 1.42. The van der Waals surface area contributed by atoms with Crippen molar-refractivity contribution in [1.82, 2.24) is 15.3 Å². The van der Waals surface area contributed by atoms with Gasteiger partial charge in [0.25, 0.3) is 5.91 Å². The number of carbonyl (C=O) groups excluding carboxylic acids is 2. The third kappa shape index (κ3) is 5.96. The number of pyridine rings is 1. The molecule has 2 heterocycles. The Morgan fingerprint density at radius 2 is 2.00 bits per heavy atom. The highest BCUT2D eigenvalue weighted by molar-refractivity contribution is 7.09. The van der Waals surface area contributed by atoms with E-state index in [0.29, 0.717) is 17.9 Å². The van der Waals surface area contributed by atoms with Crippen molar-refractivity contribution in [3.63, 3.8) is 0 Å². The summed E-state index contributed by atoms with van der Waals surface area (Å²) in [4.78, 5) is 32.3. The van der Waals surface area contributed by atoms with Crippen molar-refractivity contribution in [2.24, 2.45) is 0 Å². The number of rotatable bonds is 9. The number of nitrogens with zero attached hydrogens (tertiary/aromatic N) is 2. The highest BCUT2D eigenvalue weighted by Crippen LogP contribution is 2.21. The first kappa shape index (κ1) is 20.7. The Bertz CT molecular complexity index is 972. The third-order valence-corrected chi connectivity index (χ3v) is 5.23. The number of hydrogen-bond acceptors (Lipinski definition) is 6. The summed E-state index contributed by atoms with van der Waals surface area (Å²) in [6.07, 6.45) is 4.45. The fourth-order valence-electron chi connectivity index (χ4n) is 2.72. The molecule has 0 saturated carbocycles. The summed E-state index contributed by atoms with van der Waals surface area (Å²) in [6.45, 7) is 3.74. The number of hydrogen-bond donors (Lipinski definition) is 1. The van der Waals surface area contributed by atoms with Gasteiger partial charge >= 0.3 is 0 Å². The number of ketones is 1. The van der Waals surface area contributed by atoms with Gasteiger partial charge in [0.2, 0.25) is 0 Å². The summed E-state index contributed by atoms with van der Waals surface area (Å²) >= 11 is 1.62. The molecule has 1 unspecified atom stereocenters. The molecule has 1 N–H and O–H groups in total. The second kappa shape index (κ2) is 9.93. The van der Waals surface area contributed by atoms with Crippen LogP contribution < -0.4 is 10.1 Å². The molecule has 0 aliphatic heterocycles. The maximum atomic E-state index is 12.2. The predicted octanol–water partition coefficient (Wildman–Crippen LogP) is 3.92. The van der Waals surface area contributed by atoms with Crippen molar-refractivity contribution in [3.05, 3.63) is 64.7 Å². The summed E-state index contributed by atoms with van der Waals surface area (Å²) < 4.78 is 5.65. The van der Waals surface area contributed by atoms with Crippen molar-refractivity contribution in [3.8, 4) is 17.0 Å². The highest BCUT2D eigenvalue weighted by atomic mass is 32.1. The van der Waals surface area contributed by atoms with Crippen LogP contribution in [-0.4, -0.2) is 34.3 Å². The van der Waals surface area contributed by atoms with Crippen LogP contribution in [0.15, 0.2) is 54.2 Å². The summed E-state index contributed by atoms with van der Waals surface area (Å²) in [5.41, 5.74) is 2.56. The van der Waals surface area contributed by atoms with Gasteiger partial charge in [-0.2, -0.15) is 0 Å². The smallest absolute Gasteiger partial charge is 0.260 e. The first-order chi connectivity index (χ1) is 14.0. The van der Waals surface area contributed by atoms with Crippen LogP contribution in [0.25, 0.3) is 11.3 Å². The summed E-state index contributed by atoms with van der Waals surface area (Å²) in [5, 5.41) is 5.96. The van der Waals surface area contributed by atoms with E-state index in [2.05, 4.69) is 15.3 Å². The molecule has 2 aromatic heterocycles. The Morgan fingerprint density at radius 1 is 1.21 bits per heavy atom. The van der Waals surface area contributed by atoms with E-state index in [1.807, 2.05) is 17.5 Å². The molecule has 150 valence electrons. The lowest BCUT2D eigenvalue weighted by molar-refractivity contribution is -0.127. The summed E-state index contributed by atoms with van der Waals surface area (Å²) in [6, 6.07) is 10.7. The van der Waals surface area contributed by atoms with Crippen LogP contribution >= 0.6 is 11.3 Å². The maximum absolute atomic E-state index is 12.2. The number of Topliss-reactive ketones (excluding diaryl/α,β-unsaturated/α-hetero) is 1. The number of benzene rings is 1. The largest absolute Gasteiger partial charge is 0.481 e. The lowest BCUT2D eigenvalue weighted by atomic mass is 10.1. The van der Waals surface area contributed by atoms with E-state index in [4.69, 9.17) is 4.74 Å². The van der Waals surface area contributed by atoms with Crippen LogP contribution in [-0.2, 0) is 11.2 Å². The van der Waals surface area contributed by atoms with E-state index in [-0.39, 0.29) is 11.7 Å². The lowest BCUT2D eigenvalue weighted by Gasteiger charge is -2.15. The molecule has 29 heavy (non-hydrogen) atoms. The van der Waals surface area contributed by atoms with Gasteiger partial charge < -0.3 is 10.1 Å². The van der Waals surface area contributed by atoms with Crippen molar-refractivity contribution < 1.29 is 14.3 Å². The number of aromatic nitrogens is 2. The molecule has 1 aromatic carbocycles. The molecule has 1 atom stereocenters. The van der Waals surface area contributed by atoms with E-state index in [1.54, 1.807) is 54.9 Å². The molecule has 7 heteroatoms. The summed E-state index contributed by atoms with van der Waals surface area (Å²) in [5.74, 6) is 0.281. The minimum atomic E-state index is -0.643. The van der Waals surface area contributed by atoms with Gasteiger partial charge in [-0.15, -0.1) is 11.3 Å². The Hall–Kier alpha value is -3.06. The van der Waals surface area contributed by atoms with Crippen LogP contribution in [0.3, 0.4) is 0 Å². The Labute approximate surface area is 174 Å². The van der Waals surface area contributed by atoms with E-state index in [0.717, 1.165) is 29.1 Å². The molecule has 3 aromatic rings. The van der Waals surface area contributed by atoms with Gasteiger partial charge in [0.15, 0.2) is 11.9 Å². The van der Waals surface area contributed by atoms with Crippen LogP contribution in [0.5, 0.6) is 5.75 Å². The Kier molecular flexibility index (Phi) is 7.08. The minimum absolute atomic E-state index is 0.0400. The molecule has 1 amide bonds. The lowest BCUT2D eigenvalue weighted by Crippen LogP contribution is -2.36. The van der Waals surface area contributed by atoms with Gasteiger partial charge in [0.05, 0.1) is 10.7 Å². The number of aryl methyl sites for hydroxylation is 1. The molecule has 0 spiro atoms. The van der Waals surface area contributed by atoms with Gasteiger partial charge in [-0.05, 0) is 44.5 Å². The highest BCUT2D eigenvalue weighted by Gasteiger charge is 2.14. The first-order valence-electron chi connectivity index (χ1n) is 9.43. The van der Waals surface area contributed by atoms with Crippen LogP contribution in [0, 0.1) is 0 Å². The van der Waals surface area contributed by atoms with Gasteiger partial charge in [0, 0.05) is 41.9 Å². The first-order valence-corrected chi connectivity index (χ1v) is 10.3. The molecule has 0 aliphatic rings. The van der Waals surface area contributed by atoms with E-state index >= 15 is 0 Å². The molecule has 0 radical (unpaired) electrons. The van der Waals surface area contributed by atoms with Crippen LogP contribution in [0.1, 0.15) is 35.6 Å². The number of ether oxygens (including phenoxy) is 1. The quantitative estimate of drug-likeness (QED) is 0.428. The van der Waals surface area contributed by atoms with E-state index in [1.165, 1.54) is 6.92 Å². The molecular formula is C22H23N3O3S. The number of nitrogens with one attached hydrogen (secondary N) is 1. The third-order valence-electron chi connectivity index (χ3n) is 4.32. The van der Waals surface area contributed by atoms with Crippen molar-refractivity contribution in [1.29, 1.82) is 0 Å². The van der Waals surface area contributed by atoms with Crippen molar-refractivity contribution in [2.75, 3.05) is 6.54 Å². The number of thiazole rings is 1. The molecule has 0 saturated heterocycles. The molecule has 3 rings (SSSR count). The fraction of sp³-hybridized carbons (Fsp3) is 0.273. The number of amides is 1. The minimum Gasteiger partial charge on any atom is -0.481 e. The Morgan fingerprint density at radius 3 is 2.76 bits per heavy atom. The van der Waals surface area contributed by atoms with E-state index < -0.39 is 6.10 Å². The molecular weight excluding hydrogens is 386 g/mol.